The Morgan fingerprint density at radius 3 is 1.32 bits per heavy atom. The number of halogens is 3. The van der Waals surface area contributed by atoms with Gasteiger partial charge in [-0.05, 0) is 110 Å². The summed E-state index contributed by atoms with van der Waals surface area (Å²) >= 11 is 1.79. The molecule has 9 heterocycles. The number of primary amides is 1. The number of benzene rings is 2. The molecule has 11 rings (SSSR count). The van der Waals surface area contributed by atoms with E-state index in [0.29, 0.717) is 29.2 Å². The maximum Gasteiger partial charge on any atom is 0.433 e. The molecular formula is C79H113F3N14O5S. The number of amides is 1. The van der Waals surface area contributed by atoms with E-state index in [1.54, 1.807) is 55.4 Å². The van der Waals surface area contributed by atoms with Gasteiger partial charge < -0.3 is 28.1 Å². The van der Waals surface area contributed by atoms with Crippen LogP contribution in [-0.2, 0) is 55.0 Å². The van der Waals surface area contributed by atoms with Crippen molar-refractivity contribution < 1.29 is 35.7 Å². The van der Waals surface area contributed by atoms with Crippen molar-refractivity contribution in [1.82, 2.24) is 65.0 Å². The van der Waals surface area contributed by atoms with E-state index in [0.717, 1.165) is 51.4 Å². The van der Waals surface area contributed by atoms with Crippen LogP contribution in [0.25, 0.3) is 21.3 Å². The number of aromatic nitrogens is 13. The molecule has 556 valence electrons. The van der Waals surface area contributed by atoms with Gasteiger partial charge in [0.1, 0.15) is 29.0 Å². The molecule has 2 aromatic carbocycles. The topological polar surface area (TPSA) is 255 Å². The van der Waals surface area contributed by atoms with Gasteiger partial charge in [-0.1, -0.05) is 208 Å². The van der Waals surface area contributed by atoms with E-state index in [9.17, 15) is 18.0 Å². The van der Waals surface area contributed by atoms with Crippen LogP contribution in [0.5, 0.6) is 0 Å². The average molecular weight is 1430 g/mol. The number of imidazole rings is 1. The predicted octanol–water partition coefficient (Wildman–Crippen LogP) is 20.6. The van der Waals surface area contributed by atoms with Crippen molar-refractivity contribution in [1.29, 1.82) is 0 Å². The normalized spacial score (nSPS) is 12.0. The first-order valence-electron chi connectivity index (χ1n) is 33.8. The fourth-order valence-corrected chi connectivity index (χ4v) is 9.01. The van der Waals surface area contributed by atoms with Gasteiger partial charge >= 0.3 is 6.18 Å². The standard InChI is InChI=1S/C11H13NO.C11H13NS.C10H12F3N.C10H14N2O.C8H14N2.C8H12N2.2C7H12N2O.C7H11NO/c2*1-11(2,3)10-12-8-6-4-5-7-9(8)13-10;1-9(2,3)7-4-5-8(14-6-7)10(11,12)13;1-10(2,3)7-4-5-8(9(11)13)12-6-7;1-7-9-5-6-10(7)8(2,3)4;1-8(2,3)7-4-5-9-10-6-7;1-5-8-9-6(10-5)7(2,3)4;1-5-8-6(10-9-5)7(2,3)4;1-7(2,3)6-8-4-5-9-6/h2*4-7H,1-3H3;4-6H,1-3H3;4-6H,1-3H3,(H2,11,13);5-6H,1-4H3;4-6H,1-3H3;2*1-4H3;4-5H,1-3H3. The number of oxazole rings is 2. The quantitative estimate of drug-likeness (QED) is 0.160. The van der Waals surface area contributed by atoms with E-state index in [1.807, 2.05) is 131 Å². The second-order valence-corrected chi connectivity index (χ2v) is 34.5. The number of carbonyl (C=O) groups excluding carboxylic acids is 1. The number of nitrogens with two attached hydrogens (primary N) is 1. The van der Waals surface area contributed by atoms with Crippen molar-refractivity contribution in [3.05, 3.63) is 203 Å². The van der Waals surface area contributed by atoms with Crippen LogP contribution in [0.4, 0.5) is 13.2 Å². The predicted molar refractivity (Wildman–Crippen MR) is 404 cm³/mol. The summed E-state index contributed by atoms with van der Waals surface area (Å²) in [6.45, 7) is 62.0. The molecule has 9 aromatic heterocycles. The van der Waals surface area contributed by atoms with Gasteiger partial charge in [-0.15, -0.1) is 21.5 Å². The number of alkyl halides is 3. The molecule has 0 saturated heterocycles. The van der Waals surface area contributed by atoms with Gasteiger partial charge in [0.05, 0.1) is 27.6 Å². The van der Waals surface area contributed by atoms with Crippen LogP contribution < -0.4 is 5.73 Å². The maximum atomic E-state index is 12.2. The fraction of sp³-hybridized carbons (Fsp3) is 0.506. The van der Waals surface area contributed by atoms with Crippen molar-refractivity contribution in [3.63, 3.8) is 0 Å². The highest BCUT2D eigenvalue weighted by Gasteiger charge is 2.33. The van der Waals surface area contributed by atoms with E-state index in [-0.39, 0.29) is 48.9 Å². The molecule has 0 radical (unpaired) electrons. The minimum atomic E-state index is -4.35. The van der Waals surface area contributed by atoms with Crippen LogP contribution in [0.1, 0.15) is 266 Å². The first-order chi connectivity index (χ1) is 46.5. The highest BCUT2D eigenvalue weighted by Crippen LogP contribution is 2.33. The van der Waals surface area contributed by atoms with Gasteiger partial charge in [-0.3, -0.25) is 14.8 Å². The van der Waals surface area contributed by atoms with Crippen LogP contribution in [0.3, 0.4) is 0 Å². The van der Waals surface area contributed by atoms with Gasteiger partial charge in [0.15, 0.2) is 17.3 Å². The zero-order valence-electron chi connectivity index (χ0n) is 66.1. The Balaban J connectivity index is 0.000000299. The Hall–Kier alpha value is -8.86. The van der Waals surface area contributed by atoms with Crippen molar-refractivity contribution in [2.45, 2.75) is 263 Å². The first kappa shape index (κ1) is 87.4. The molecule has 0 saturated carbocycles. The third kappa shape index (κ3) is 30.4. The molecule has 0 aliphatic heterocycles. The largest absolute Gasteiger partial charge is 0.448 e. The summed E-state index contributed by atoms with van der Waals surface area (Å²) < 4.78 is 60.8. The molecule has 23 heteroatoms. The lowest BCUT2D eigenvalue weighted by Crippen LogP contribution is -2.21. The molecule has 0 aliphatic carbocycles. The summed E-state index contributed by atoms with van der Waals surface area (Å²) in [5.74, 6) is 4.91. The highest BCUT2D eigenvalue weighted by atomic mass is 32.1. The number of para-hydroxylation sites is 3. The Labute approximate surface area is 607 Å². The van der Waals surface area contributed by atoms with Gasteiger partial charge in [-0.2, -0.15) is 28.4 Å². The molecule has 102 heavy (non-hydrogen) atoms. The number of nitrogens with zero attached hydrogens (tertiary/aromatic N) is 13. The minimum Gasteiger partial charge on any atom is -0.448 e. The molecule has 2 N–H and O–H groups in total. The lowest BCUT2D eigenvalue weighted by molar-refractivity contribution is -0.141. The summed E-state index contributed by atoms with van der Waals surface area (Å²) in [6.07, 6.45) is 9.26. The van der Waals surface area contributed by atoms with Crippen LogP contribution in [0.2, 0.25) is 0 Å². The van der Waals surface area contributed by atoms with Gasteiger partial charge in [-0.25, -0.2) is 19.9 Å². The zero-order valence-corrected chi connectivity index (χ0v) is 66.9. The lowest BCUT2D eigenvalue weighted by Gasteiger charge is -2.21. The Kier molecular flexibility index (Phi) is 30.7. The Morgan fingerprint density at radius 1 is 0.471 bits per heavy atom. The van der Waals surface area contributed by atoms with Gasteiger partial charge in [0, 0.05) is 70.5 Å². The van der Waals surface area contributed by atoms with Gasteiger partial charge in [0.25, 0.3) is 5.91 Å². The Morgan fingerprint density at radius 2 is 1.00 bits per heavy atom. The molecule has 0 fully saturated rings. The van der Waals surface area contributed by atoms with Crippen LogP contribution in [-0.4, -0.2) is 70.9 Å². The molecule has 0 spiro atoms. The number of thiazole rings is 1. The van der Waals surface area contributed by atoms with E-state index in [1.165, 1.54) is 27.5 Å². The van der Waals surface area contributed by atoms with Crippen molar-refractivity contribution in [2.24, 2.45) is 5.73 Å². The number of hydrogen-bond donors (Lipinski definition) is 1. The van der Waals surface area contributed by atoms with Gasteiger partial charge in [0.2, 0.25) is 23.6 Å². The zero-order chi connectivity index (χ0) is 77.8. The number of pyridine rings is 2. The average Bonchev–Trinajstić information content (AvgIpc) is 1.52. The summed E-state index contributed by atoms with van der Waals surface area (Å²) in [4.78, 5) is 39.4. The summed E-state index contributed by atoms with van der Waals surface area (Å²) in [5, 5.41) is 20.1. The smallest absolute Gasteiger partial charge is 0.433 e. The maximum absolute atomic E-state index is 12.2. The fourth-order valence-electron chi connectivity index (χ4n) is 7.99. The number of aryl methyl sites for hydroxylation is 3. The monoisotopic (exact) mass is 1430 g/mol. The molecule has 0 atom stereocenters. The Bertz CT molecular complexity index is 3990. The summed E-state index contributed by atoms with van der Waals surface area (Å²) in [5.41, 5.74) is 11.0. The van der Waals surface area contributed by atoms with Crippen molar-refractivity contribution in [3.8, 4) is 0 Å². The van der Waals surface area contributed by atoms with Crippen LogP contribution in [0, 0.1) is 20.8 Å². The van der Waals surface area contributed by atoms with Crippen molar-refractivity contribution in [2.75, 3.05) is 0 Å². The number of hydrogen-bond acceptors (Lipinski definition) is 18. The third-order valence-corrected chi connectivity index (χ3v) is 15.5. The van der Waals surface area contributed by atoms with E-state index in [2.05, 4.69) is 208 Å². The number of carbonyl (C=O) groups is 1. The molecule has 0 unspecified atom stereocenters. The SMILES string of the molecule is CC(C)(C)c1ccc(C(F)(F)F)nc1.CC(C)(C)c1ccc(C(N)=O)nc1.CC(C)(C)c1ccnnc1.CC(C)(C)c1nc2ccccc2o1.CC(C)(C)c1nc2ccccc2s1.CC(C)(C)c1ncco1.Cc1nccn1C(C)(C)C.Cc1nnc(C(C)(C)C)o1.Cc1noc(C(C)(C)C)n1. The van der Waals surface area contributed by atoms with E-state index < -0.39 is 17.8 Å². The lowest BCUT2D eigenvalue weighted by atomic mass is 9.88. The second kappa shape index (κ2) is 35.8. The molecule has 19 nitrogen and oxygen atoms in total. The van der Waals surface area contributed by atoms with Crippen LogP contribution in [0.15, 0.2) is 146 Å². The van der Waals surface area contributed by atoms with E-state index in [4.69, 9.17) is 23.5 Å². The third-order valence-electron chi connectivity index (χ3n) is 14.1. The van der Waals surface area contributed by atoms with Crippen molar-refractivity contribution >= 4 is 38.6 Å². The van der Waals surface area contributed by atoms with E-state index >= 15 is 0 Å². The molecule has 0 bridgehead atoms. The summed E-state index contributed by atoms with van der Waals surface area (Å²) in [7, 11) is 0. The number of rotatable bonds is 1. The molecular weight excluding hydrogens is 1310 g/mol. The first-order valence-corrected chi connectivity index (χ1v) is 34.6. The summed E-state index contributed by atoms with van der Waals surface area (Å²) in [6, 6.07) is 24.1. The highest BCUT2D eigenvalue weighted by molar-refractivity contribution is 7.18. The minimum absolute atomic E-state index is 0.0149. The molecule has 0 aliphatic rings. The molecule has 1 amide bonds. The second-order valence-electron chi connectivity index (χ2n) is 33.5. The van der Waals surface area contributed by atoms with Crippen LogP contribution >= 0.6 is 11.3 Å². The number of fused-ring (bicyclic) bond motifs is 2. The molecule has 11 aromatic rings.